The van der Waals surface area contributed by atoms with Crippen LogP contribution >= 0.6 is 0 Å². The van der Waals surface area contributed by atoms with Crippen molar-refractivity contribution in [2.45, 2.75) is 32.4 Å². The summed E-state index contributed by atoms with van der Waals surface area (Å²) in [6.45, 7) is 2.66. The number of hydrogen-bond acceptors (Lipinski definition) is 3. The Morgan fingerprint density at radius 2 is 2.00 bits per heavy atom. The smallest absolute Gasteiger partial charge is 0.194 e. The highest BCUT2D eigenvalue weighted by Gasteiger charge is 2.20. The molecule has 1 aromatic carbocycles. The third-order valence-corrected chi connectivity index (χ3v) is 3.00. The highest BCUT2D eigenvalue weighted by Crippen LogP contribution is 2.22. The topological polar surface area (TPSA) is 56.7 Å². The van der Waals surface area contributed by atoms with Crippen LogP contribution in [0.25, 0.3) is 0 Å². The maximum Gasteiger partial charge on any atom is 0.194 e. The van der Waals surface area contributed by atoms with Gasteiger partial charge in [0.05, 0.1) is 0 Å². The number of halogens is 3. The lowest BCUT2D eigenvalue weighted by atomic mass is 10.0. The van der Waals surface area contributed by atoms with Crippen LogP contribution in [0.4, 0.5) is 13.2 Å². The van der Waals surface area contributed by atoms with Gasteiger partial charge in [-0.3, -0.25) is 4.68 Å². The van der Waals surface area contributed by atoms with Crippen LogP contribution in [-0.4, -0.2) is 14.8 Å². The first-order valence-corrected chi connectivity index (χ1v) is 6.30. The van der Waals surface area contributed by atoms with E-state index in [1.165, 1.54) is 6.33 Å². The summed E-state index contributed by atoms with van der Waals surface area (Å²) in [7, 11) is 0. The van der Waals surface area contributed by atoms with Gasteiger partial charge in [0.15, 0.2) is 17.5 Å². The Bertz CT molecular complexity index is 597. The average molecular weight is 284 g/mol. The van der Waals surface area contributed by atoms with Gasteiger partial charge in [-0.25, -0.2) is 18.2 Å². The van der Waals surface area contributed by atoms with E-state index in [4.69, 9.17) is 5.73 Å². The lowest BCUT2D eigenvalue weighted by Gasteiger charge is -2.13. The van der Waals surface area contributed by atoms with E-state index in [-0.39, 0.29) is 12.0 Å². The minimum absolute atomic E-state index is 0.0741. The zero-order valence-electron chi connectivity index (χ0n) is 11.0. The van der Waals surface area contributed by atoms with E-state index in [1.807, 2.05) is 6.92 Å². The molecule has 0 amide bonds. The number of hydrogen-bond donors (Lipinski definition) is 1. The van der Waals surface area contributed by atoms with Gasteiger partial charge in [-0.1, -0.05) is 13.0 Å². The Morgan fingerprint density at radius 1 is 1.25 bits per heavy atom. The first kappa shape index (κ1) is 14.5. The molecule has 0 aliphatic rings. The van der Waals surface area contributed by atoms with E-state index in [2.05, 4.69) is 10.1 Å². The summed E-state index contributed by atoms with van der Waals surface area (Å²) in [6, 6.07) is 1.20. The first-order valence-electron chi connectivity index (χ1n) is 6.30. The fraction of sp³-hybridized carbons (Fsp3) is 0.385. The monoisotopic (exact) mass is 284 g/mol. The molecule has 20 heavy (non-hydrogen) atoms. The minimum Gasteiger partial charge on any atom is -0.323 e. The molecular weight excluding hydrogens is 269 g/mol. The van der Waals surface area contributed by atoms with Gasteiger partial charge in [0, 0.05) is 24.6 Å². The van der Waals surface area contributed by atoms with Crippen molar-refractivity contribution in [2.24, 2.45) is 5.73 Å². The molecule has 0 aliphatic carbocycles. The molecule has 4 nitrogen and oxygen atoms in total. The number of rotatable bonds is 5. The number of nitrogens with zero attached hydrogens (tertiary/aromatic N) is 3. The molecule has 2 N–H and O–H groups in total. The average Bonchev–Trinajstić information content (AvgIpc) is 2.84. The van der Waals surface area contributed by atoms with E-state index in [1.54, 1.807) is 4.68 Å². The number of nitrogens with two attached hydrogens (primary N) is 1. The lowest BCUT2D eigenvalue weighted by Crippen LogP contribution is -2.19. The molecule has 0 saturated heterocycles. The van der Waals surface area contributed by atoms with Crippen molar-refractivity contribution < 1.29 is 13.2 Å². The van der Waals surface area contributed by atoms with E-state index < -0.39 is 23.5 Å². The second-order valence-corrected chi connectivity index (χ2v) is 4.47. The lowest BCUT2D eigenvalue weighted by molar-refractivity contribution is 0.433. The molecule has 0 bridgehead atoms. The maximum absolute atomic E-state index is 13.7. The molecule has 0 radical (unpaired) electrons. The summed E-state index contributed by atoms with van der Waals surface area (Å²) in [5.74, 6) is -3.40. The third kappa shape index (κ3) is 2.82. The van der Waals surface area contributed by atoms with Crippen molar-refractivity contribution in [3.8, 4) is 0 Å². The summed E-state index contributed by atoms with van der Waals surface area (Å²) in [4.78, 5) is 4.05. The molecule has 1 heterocycles. The Morgan fingerprint density at radius 3 is 2.70 bits per heavy atom. The second kappa shape index (κ2) is 6.04. The van der Waals surface area contributed by atoms with E-state index >= 15 is 0 Å². The Hall–Kier alpha value is -1.89. The van der Waals surface area contributed by atoms with Gasteiger partial charge in [0.25, 0.3) is 0 Å². The zero-order valence-corrected chi connectivity index (χ0v) is 11.0. The molecule has 1 unspecified atom stereocenters. The zero-order chi connectivity index (χ0) is 14.7. The van der Waals surface area contributed by atoms with E-state index in [9.17, 15) is 13.2 Å². The van der Waals surface area contributed by atoms with Crippen molar-refractivity contribution in [3.63, 3.8) is 0 Å². The Balaban J connectivity index is 2.22. The molecule has 2 aromatic rings. The summed E-state index contributed by atoms with van der Waals surface area (Å²) in [5, 5.41) is 4.03. The molecule has 108 valence electrons. The highest BCUT2D eigenvalue weighted by atomic mass is 19.2. The molecule has 1 atom stereocenters. The van der Waals surface area contributed by atoms with E-state index in [0.29, 0.717) is 12.4 Å². The van der Waals surface area contributed by atoms with Gasteiger partial charge in [0.1, 0.15) is 12.2 Å². The molecule has 7 heteroatoms. The third-order valence-electron chi connectivity index (χ3n) is 3.00. The largest absolute Gasteiger partial charge is 0.323 e. The van der Waals surface area contributed by atoms with Crippen LogP contribution in [0.3, 0.4) is 0 Å². The molecule has 0 spiro atoms. The van der Waals surface area contributed by atoms with Crippen LogP contribution in [0.5, 0.6) is 0 Å². The van der Waals surface area contributed by atoms with Crippen molar-refractivity contribution in [3.05, 3.63) is 47.3 Å². The van der Waals surface area contributed by atoms with E-state index in [0.717, 1.165) is 18.6 Å². The Labute approximate surface area is 114 Å². The van der Waals surface area contributed by atoms with Crippen molar-refractivity contribution in [1.82, 2.24) is 14.8 Å². The van der Waals surface area contributed by atoms with Gasteiger partial charge >= 0.3 is 0 Å². The fourth-order valence-corrected chi connectivity index (χ4v) is 1.98. The molecular formula is C13H15F3N4. The van der Waals surface area contributed by atoms with Crippen molar-refractivity contribution in [2.75, 3.05) is 0 Å². The summed E-state index contributed by atoms with van der Waals surface area (Å²) < 4.78 is 41.4. The van der Waals surface area contributed by atoms with Crippen molar-refractivity contribution in [1.29, 1.82) is 0 Å². The number of benzene rings is 1. The predicted octanol–water partition coefficient (Wildman–Crippen LogP) is 2.35. The minimum atomic E-state index is -1.51. The van der Waals surface area contributed by atoms with Crippen molar-refractivity contribution >= 4 is 0 Å². The summed E-state index contributed by atoms with van der Waals surface area (Å²) in [6.07, 6.45) is 2.45. The fourth-order valence-electron chi connectivity index (χ4n) is 1.98. The van der Waals surface area contributed by atoms with Crippen LogP contribution in [0.2, 0.25) is 0 Å². The maximum atomic E-state index is 13.7. The number of aromatic nitrogens is 3. The highest BCUT2D eigenvalue weighted by molar-refractivity contribution is 5.24. The molecule has 0 aliphatic heterocycles. The second-order valence-electron chi connectivity index (χ2n) is 4.47. The van der Waals surface area contributed by atoms with Crippen LogP contribution in [0.15, 0.2) is 18.5 Å². The summed E-state index contributed by atoms with van der Waals surface area (Å²) in [5.41, 5.74) is 5.79. The quantitative estimate of drug-likeness (QED) is 0.857. The predicted molar refractivity (Wildman–Crippen MR) is 67.3 cm³/mol. The van der Waals surface area contributed by atoms with Gasteiger partial charge in [-0.15, -0.1) is 0 Å². The summed E-state index contributed by atoms with van der Waals surface area (Å²) >= 11 is 0. The molecule has 1 aromatic heterocycles. The van der Waals surface area contributed by atoms with Crippen LogP contribution in [0.1, 0.15) is 30.8 Å². The van der Waals surface area contributed by atoms with Gasteiger partial charge in [-0.05, 0) is 12.5 Å². The molecule has 2 rings (SSSR count). The SMILES string of the molecule is CCCn1ncnc1CC(N)c1ccc(F)c(F)c1F. The van der Waals surface area contributed by atoms with Gasteiger partial charge in [0.2, 0.25) is 0 Å². The van der Waals surface area contributed by atoms with Gasteiger partial charge in [-0.2, -0.15) is 5.10 Å². The van der Waals surface area contributed by atoms with Crippen LogP contribution in [0, 0.1) is 17.5 Å². The Kier molecular flexibility index (Phi) is 4.39. The molecule has 0 fully saturated rings. The van der Waals surface area contributed by atoms with Crippen LogP contribution in [-0.2, 0) is 13.0 Å². The first-order chi connectivity index (χ1) is 9.54. The normalized spacial score (nSPS) is 12.7. The van der Waals surface area contributed by atoms with Crippen LogP contribution < -0.4 is 5.73 Å². The number of aryl methyl sites for hydroxylation is 1. The van der Waals surface area contributed by atoms with Gasteiger partial charge < -0.3 is 5.73 Å². The molecule has 0 saturated carbocycles. The standard InChI is InChI=1S/C13H15F3N4/c1-2-5-20-11(18-7-19-20)6-10(17)8-3-4-9(14)13(16)12(8)15/h3-4,7,10H,2,5-6,17H2,1H3.